The summed E-state index contributed by atoms with van der Waals surface area (Å²) in [5.74, 6) is -0.758. The van der Waals surface area contributed by atoms with Crippen LogP contribution in [0.4, 0.5) is 0 Å². The standard InChI is InChI=1S/C15H17NO7/c17-6-10-11(18)12(19)13(20)15(22-10)23-14(21)8-5-16-9-4-2-1-3-7(8)9/h1-5,10-13,15-20H,6H2/t10-,11-,12+,13-,15+/m1/s1. The number of H-pyrrole nitrogens is 1. The second kappa shape index (κ2) is 6.26. The highest BCUT2D eigenvalue weighted by Gasteiger charge is 2.45. The molecule has 1 fully saturated rings. The first-order valence-corrected chi connectivity index (χ1v) is 7.10. The lowest BCUT2D eigenvalue weighted by molar-refractivity contribution is -0.285. The Balaban J connectivity index is 1.79. The van der Waals surface area contributed by atoms with Crippen molar-refractivity contribution in [1.29, 1.82) is 0 Å². The van der Waals surface area contributed by atoms with Crippen molar-refractivity contribution in [2.45, 2.75) is 30.7 Å². The summed E-state index contributed by atoms with van der Waals surface area (Å²) in [6.45, 7) is -0.591. The fourth-order valence-corrected chi connectivity index (χ4v) is 2.57. The number of hydrogen-bond acceptors (Lipinski definition) is 7. The Bertz CT molecular complexity index is 698. The van der Waals surface area contributed by atoms with Crippen LogP contribution in [-0.4, -0.2) is 68.7 Å². The van der Waals surface area contributed by atoms with Gasteiger partial charge >= 0.3 is 5.97 Å². The molecular formula is C15H17NO7. The second-order valence-electron chi connectivity index (χ2n) is 5.35. The van der Waals surface area contributed by atoms with E-state index in [2.05, 4.69) is 4.98 Å². The Labute approximate surface area is 130 Å². The molecule has 8 heteroatoms. The van der Waals surface area contributed by atoms with Gasteiger partial charge in [0, 0.05) is 17.1 Å². The van der Waals surface area contributed by atoms with E-state index in [9.17, 15) is 20.1 Å². The number of hydrogen-bond donors (Lipinski definition) is 5. The van der Waals surface area contributed by atoms with Crippen LogP contribution in [0.2, 0.25) is 0 Å². The molecular weight excluding hydrogens is 306 g/mol. The largest absolute Gasteiger partial charge is 0.429 e. The van der Waals surface area contributed by atoms with E-state index in [1.54, 1.807) is 18.2 Å². The summed E-state index contributed by atoms with van der Waals surface area (Å²) >= 11 is 0. The summed E-state index contributed by atoms with van der Waals surface area (Å²) in [7, 11) is 0. The molecule has 1 saturated heterocycles. The van der Waals surface area contributed by atoms with Gasteiger partial charge in [-0.05, 0) is 6.07 Å². The van der Waals surface area contributed by atoms with Gasteiger partial charge in [-0.25, -0.2) is 4.79 Å². The van der Waals surface area contributed by atoms with Gasteiger partial charge in [0.05, 0.1) is 12.2 Å². The molecule has 0 aliphatic carbocycles. The van der Waals surface area contributed by atoms with Crippen molar-refractivity contribution in [1.82, 2.24) is 4.98 Å². The number of carbonyl (C=O) groups is 1. The van der Waals surface area contributed by atoms with Crippen LogP contribution in [0.1, 0.15) is 10.4 Å². The van der Waals surface area contributed by atoms with Gasteiger partial charge in [0.15, 0.2) is 0 Å². The van der Waals surface area contributed by atoms with Crippen LogP contribution in [0, 0.1) is 0 Å². The lowest BCUT2D eigenvalue weighted by Crippen LogP contribution is -2.59. The number of benzene rings is 1. The monoisotopic (exact) mass is 323 g/mol. The topological polar surface area (TPSA) is 132 Å². The number of aliphatic hydroxyl groups excluding tert-OH is 4. The Morgan fingerprint density at radius 1 is 1.17 bits per heavy atom. The molecule has 2 heterocycles. The van der Waals surface area contributed by atoms with Gasteiger partial charge in [-0.2, -0.15) is 0 Å². The zero-order valence-corrected chi connectivity index (χ0v) is 12.0. The van der Waals surface area contributed by atoms with Gasteiger partial charge in [0.25, 0.3) is 0 Å². The van der Waals surface area contributed by atoms with E-state index < -0.39 is 43.3 Å². The predicted molar refractivity (Wildman–Crippen MR) is 77.5 cm³/mol. The van der Waals surface area contributed by atoms with Crippen molar-refractivity contribution in [2.24, 2.45) is 0 Å². The Morgan fingerprint density at radius 3 is 2.65 bits per heavy atom. The molecule has 5 atom stereocenters. The van der Waals surface area contributed by atoms with Crippen LogP contribution in [0.15, 0.2) is 30.5 Å². The summed E-state index contributed by atoms with van der Waals surface area (Å²) in [5.41, 5.74) is 0.991. The normalized spacial score (nSPS) is 31.2. The Morgan fingerprint density at radius 2 is 1.91 bits per heavy atom. The van der Waals surface area contributed by atoms with Gasteiger partial charge in [-0.3, -0.25) is 0 Å². The molecule has 0 unspecified atom stereocenters. The summed E-state index contributed by atoms with van der Waals surface area (Å²) in [6, 6.07) is 7.10. The molecule has 0 radical (unpaired) electrons. The van der Waals surface area contributed by atoms with E-state index in [4.69, 9.17) is 14.6 Å². The summed E-state index contributed by atoms with van der Waals surface area (Å²) in [6.07, 6.45) is -5.88. The minimum atomic E-state index is -1.62. The zero-order valence-electron chi connectivity index (χ0n) is 12.0. The number of aliphatic hydroxyl groups is 4. The maximum atomic E-state index is 12.3. The number of rotatable bonds is 3. The fourth-order valence-electron chi connectivity index (χ4n) is 2.57. The number of carbonyl (C=O) groups excluding carboxylic acids is 1. The Kier molecular flexibility index (Phi) is 4.33. The van der Waals surface area contributed by atoms with Crippen LogP contribution in [0.5, 0.6) is 0 Å². The fraction of sp³-hybridized carbons (Fsp3) is 0.400. The van der Waals surface area contributed by atoms with Crippen molar-refractivity contribution in [3.63, 3.8) is 0 Å². The number of para-hydroxylation sites is 1. The average molecular weight is 323 g/mol. The first kappa shape index (κ1) is 15.9. The zero-order chi connectivity index (χ0) is 16.6. The highest BCUT2D eigenvalue weighted by atomic mass is 16.7. The molecule has 1 aliphatic heterocycles. The third-order valence-electron chi connectivity index (χ3n) is 3.88. The smallest absolute Gasteiger partial charge is 0.342 e. The SMILES string of the molecule is O=C(O[C@@H]1O[C@H](CO)[C@@H](O)[C@H](O)[C@H]1O)c1c[nH]c2ccccc12. The number of esters is 1. The number of aromatic amines is 1. The highest BCUT2D eigenvalue weighted by Crippen LogP contribution is 2.24. The molecule has 23 heavy (non-hydrogen) atoms. The van der Waals surface area contributed by atoms with Crippen LogP contribution in [0.25, 0.3) is 10.9 Å². The molecule has 1 aromatic carbocycles. The maximum absolute atomic E-state index is 12.3. The lowest BCUT2D eigenvalue weighted by Gasteiger charge is -2.39. The van der Waals surface area contributed by atoms with E-state index in [1.807, 2.05) is 6.07 Å². The van der Waals surface area contributed by atoms with Crippen LogP contribution in [0.3, 0.4) is 0 Å². The molecule has 0 bridgehead atoms. The average Bonchev–Trinajstić information content (AvgIpc) is 2.99. The number of ether oxygens (including phenoxy) is 2. The van der Waals surface area contributed by atoms with Gasteiger partial charge in [0.1, 0.15) is 24.4 Å². The third kappa shape index (κ3) is 2.82. The number of aromatic nitrogens is 1. The Hall–Kier alpha value is -1.97. The van der Waals surface area contributed by atoms with Crippen molar-refractivity contribution >= 4 is 16.9 Å². The molecule has 1 aromatic heterocycles. The van der Waals surface area contributed by atoms with Crippen molar-refractivity contribution in [3.05, 3.63) is 36.0 Å². The van der Waals surface area contributed by atoms with Gasteiger partial charge in [-0.1, -0.05) is 18.2 Å². The number of fused-ring (bicyclic) bond motifs is 1. The summed E-state index contributed by atoms with van der Waals surface area (Å²) < 4.78 is 10.2. The molecule has 5 N–H and O–H groups in total. The summed E-state index contributed by atoms with van der Waals surface area (Å²) in [5, 5.41) is 39.0. The molecule has 8 nitrogen and oxygen atoms in total. The van der Waals surface area contributed by atoms with E-state index in [1.165, 1.54) is 6.20 Å². The molecule has 0 saturated carbocycles. The highest BCUT2D eigenvalue weighted by molar-refractivity contribution is 6.04. The van der Waals surface area contributed by atoms with Gasteiger partial charge in [-0.15, -0.1) is 0 Å². The first-order valence-electron chi connectivity index (χ1n) is 7.10. The molecule has 0 spiro atoms. The van der Waals surface area contributed by atoms with Crippen molar-refractivity contribution in [2.75, 3.05) is 6.61 Å². The van der Waals surface area contributed by atoms with Gasteiger partial charge in [0.2, 0.25) is 6.29 Å². The van der Waals surface area contributed by atoms with E-state index in [-0.39, 0.29) is 5.56 Å². The minimum Gasteiger partial charge on any atom is -0.429 e. The van der Waals surface area contributed by atoms with Gasteiger partial charge < -0.3 is 34.9 Å². The quantitative estimate of drug-likeness (QED) is 0.464. The van der Waals surface area contributed by atoms with E-state index in [0.717, 1.165) is 5.52 Å². The third-order valence-corrected chi connectivity index (χ3v) is 3.88. The second-order valence-corrected chi connectivity index (χ2v) is 5.35. The summed E-state index contributed by atoms with van der Waals surface area (Å²) in [4.78, 5) is 15.2. The molecule has 0 amide bonds. The molecule has 3 rings (SSSR count). The minimum absolute atomic E-state index is 0.248. The lowest BCUT2D eigenvalue weighted by atomic mass is 9.99. The molecule has 124 valence electrons. The predicted octanol–water partition coefficient (Wildman–Crippen LogP) is -0.875. The van der Waals surface area contributed by atoms with Crippen LogP contribution < -0.4 is 0 Å². The molecule has 2 aromatic rings. The van der Waals surface area contributed by atoms with Crippen molar-refractivity contribution < 1.29 is 34.7 Å². The van der Waals surface area contributed by atoms with Crippen LogP contribution >= 0.6 is 0 Å². The van der Waals surface area contributed by atoms with E-state index >= 15 is 0 Å². The molecule has 1 aliphatic rings. The van der Waals surface area contributed by atoms with Crippen molar-refractivity contribution in [3.8, 4) is 0 Å². The first-order chi connectivity index (χ1) is 11.0. The van der Waals surface area contributed by atoms with Crippen LogP contribution in [-0.2, 0) is 9.47 Å². The van der Waals surface area contributed by atoms with E-state index in [0.29, 0.717) is 5.39 Å². The maximum Gasteiger partial charge on any atom is 0.342 e. The number of nitrogens with one attached hydrogen (secondary N) is 1.